The molecule has 11 nitrogen and oxygen atoms in total. The summed E-state index contributed by atoms with van der Waals surface area (Å²) in [5, 5.41) is 56.3. The molecular weight excluding hydrogens is 697 g/mol. The van der Waals surface area contributed by atoms with E-state index in [2.05, 4.69) is 12.2 Å². The Labute approximate surface area is 313 Å². The molecule has 1 aliphatic heterocycles. The standard InChI is InChI=1S/C39H67F3N2O9/c1-2-3-4-5-6-7-8-9-10-11-12-15-18-31(45)34(47)30(44-33(46)25-28-19-21-29(22-20-28)39(40,41)42)26-52-38-37(50)36(49)35(48)32(53-38)27-51-24-17-14-13-16-23-43/h19-22,30-32,34-38,45,47-50H,2-18,23-27,43H2,1H3,(H,44,46)/t30-,31+,32?,34-,35?,36?,37?,38?/m0/s1. The van der Waals surface area contributed by atoms with Gasteiger partial charge in [-0.3, -0.25) is 4.79 Å². The molecule has 0 bridgehead atoms. The van der Waals surface area contributed by atoms with Crippen LogP contribution in [0, 0.1) is 0 Å². The fourth-order valence-electron chi connectivity index (χ4n) is 6.41. The number of rotatable bonds is 29. The minimum atomic E-state index is -4.53. The Morgan fingerprint density at radius 3 is 1.98 bits per heavy atom. The van der Waals surface area contributed by atoms with Gasteiger partial charge in [-0.1, -0.05) is 109 Å². The van der Waals surface area contributed by atoms with E-state index in [1.54, 1.807) is 0 Å². The first kappa shape index (κ1) is 47.3. The summed E-state index contributed by atoms with van der Waals surface area (Å²) in [5.41, 5.74) is 4.96. The van der Waals surface area contributed by atoms with E-state index in [1.807, 2.05) is 0 Å². The number of ether oxygens (including phenoxy) is 3. The lowest BCUT2D eigenvalue weighted by Crippen LogP contribution is -2.60. The van der Waals surface area contributed by atoms with Crippen LogP contribution in [-0.4, -0.2) is 107 Å². The summed E-state index contributed by atoms with van der Waals surface area (Å²) in [6.07, 6.45) is 2.54. The molecule has 8 atom stereocenters. The maximum atomic E-state index is 13.0. The topological polar surface area (TPSA) is 184 Å². The van der Waals surface area contributed by atoms with Crippen LogP contribution in [0.25, 0.3) is 0 Å². The van der Waals surface area contributed by atoms with Crippen molar-refractivity contribution in [2.45, 2.75) is 178 Å². The molecule has 2 rings (SSSR count). The van der Waals surface area contributed by atoms with E-state index in [4.69, 9.17) is 19.9 Å². The van der Waals surface area contributed by atoms with Crippen LogP contribution in [0.5, 0.6) is 0 Å². The first-order valence-electron chi connectivity index (χ1n) is 19.8. The van der Waals surface area contributed by atoms with E-state index in [1.165, 1.54) is 57.1 Å². The molecule has 1 fully saturated rings. The lowest BCUT2D eigenvalue weighted by molar-refractivity contribution is -0.304. The monoisotopic (exact) mass is 764 g/mol. The van der Waals surface area contributed by atoms with Gasteiger partial charge in [-0.2, -0.15) is 13.2 Å². The molecule has 1 aromatic carbocycles. The van der Waals surface area contributed by atoms with Crippen molar-refractivity contribution in [1.82, 2.24) is 5.32 Å². The highest BCUT2D eigenvalue weighted by molar-refractivity contribution is 5.79. The lowest BCUT2D eigenvalue weighted by atomic mass is 9.98. The van der Waals surface area contributed by atoms with E-state index in [9.17, 15) is 43.5 Å². The molecule has 1 heterocycles. The second kappa shape index (κ2) is 26.8. The van der Waals surface area contributed by atoms with E-state index < -0.39 is 73.2 Å². The zero-order valence-electron chi connectivity index (χ0n) is 31.6. The molecule has 53 heavy (non-hydrogen) atoms. The van der Waals surface area contributed by atoms with Crippen molar-refractivity contribution in [1.29, 1.82) is 0 Å². The number of carbonyl (C=O) groups is 1. The average molecular weight is 765 g/mol. The van der Waals surface area contributed by atoms with Gasteiger partial charge in [0.2, 0.25) is 5.91 Å². The van der Waals surface area contributed by atoms with Crippen LogP contribution in [0.3, 0.4) is 0 Å². The van der Waals surface area contributed by atoms with Crippen molar-refractivity contribution < 1.29 is 57.7 Å². The third-order valence-corrected chi connectivity index (χ3v) is 9.79. The summed E-state index contributed by atoms with van der Waals surface area (Å²) >= 11 is 0. The van der Waals surface area contributed by atoms with E-state index in [0.717, 1.165) is 63.5 Å². The summed E-state index contributed by atoms with van der Waals surface area (Å²) in [7, 11) is 0. The number of unbranched alkanes of at least 4 members (excludes halogenated alkanes) is 14. The van der Waals surface area contributed by atoms with Crippen molar-refractivity contribution in [2.75, 3.05) is 26.4 Å². The number of nitrogens with one attached hydrogen (secondary N) is 1. The lowest BCUT2D eigenvalue weighted by Gasteiger charge is -2.40. The minimum absolute atomic E-state index is 0.0879. The third-order valence-electron chi connectivity index (χ3n) is 9.79. The van der Waals surface area contributed by atoms with E-state index in [0.29, 0.717) is 25.1 Å². The third kappa shape index (κ3) is 19.0. The molecule has 308 valence electrons. The largest absolute Gasteiger partial charge is 0.416 e. The van der Waals surface area contributed by atoms with Crippen LogP contribution < -0.4 is 11.1 Å². The Kier molecular flexibility index (Phi) is 23.9. The van der Waals surface area contributed by atoms with E-state index >= 15 is 0 Å². The highest BCUT2D eigenvalue weighted by atomic mass is 19.4. The number of carbonyl (C=O) groups excluding carboxylic acids is 1. The molecule has 8 N–H and O–H groups in total. The maximum Gasteiger partial charge on any atom is 0.416 e. The quantitative estimate of drug-likeness (QED) is 0.0554. The Morgan fingerprint density at radius 1 is 0.830 bits per heavy atom. The van der Waals surface area contributed by atoms with Crippen molar-refractivity contribution in [3.8, 4) is 0 Å². The van der Waals surface area contributed by atoms with Crippen molar-refractivity contribution in [3.63, 3.8) is 0 Å². The number of hydrogen-bond acceptors (Lipinski definition) is 10. The second-order valence-corrected chi connectivity index (χ2v) is 14.4. The molecule has 1 aliphatic rings. The minimum Gasteiger partial charge on any atom is -0.390 e. The average Bonchev–Trinajstić information content (AvgIpc) is 3.13. The van der Waals surface area contributed by atoms with Gasteiger partial charge in [0, 0.05) is 6.61 Å². The smallest absolute Gasteiger partial charge is 0.390 e. The molecule has 1 aromatic rings. The molecule has 14 heteroatoms. The van der Waals surface area contributed by atoms with Gasteiger partial charge in [-0.25, -0.2) is 0 Å². The van der Waals surface area contributed by atoms with Crippen molar-refractivity contribution >= 4 is 5.91 Å². The maximum absolute atomic E-state index is 13.0. The van der Waals surface area contributed by atoms with Gasteiger partial charge in [0.25, 0.3) is 0 Å². The molecule has 0 saturated carbocycles. The number of aliphatic hydroxyl groups is 5. The van der Waals surface area contributed by atoms with Crippen LogP contribution in [0.1, 0.15) is 127 Å². The zero-order chi connectivity index (χ0) is 39.1. The van der Waals surface area contributed by atoms with Gasteiger partial charge in [-0.05, 0) is 43.5 Å². The molecule has 0 radical (unpaired) electrons. The van der Waals surface area contributed by atoms with Crippen molar-refractivity contribution in [3.05, 3.63) is 35.4 Å². The Balaban J connectivity index is 1.95. The Bertz CT molecular complexity index is 1090. The number of hydrogen-bond donors (Lipinski definition) is 7. The fourth-order valence-corrected chi connectivity index (χ4v) is 6.41. The molecule has 0 spiro atoms. The van der Waals surface area contributed by atoms with Gasteiger partial charge < -0.3 is 50.8 Å². The predicted octanol–water partition coefficient (Wildman–Crippen LogP) is 4.91. The Morgan fingerprint density at radius 2 is 1.40 bits per heavy atom. The number of alkyl halides is 3. The number of nitrogens with two attached hydrogens (primary N) is 1. The summed E-state index contributed by atoms with van der Waals surface area (Å²) in [4.78, 5) is 13.0. The summed E-state index contributed by atoms with van der Waals surface area (Å²) < 4.78 is 56.1. The number of benzene rings is 1. The van der Waals surface area contributed by atoms with Crippen LogP contribution in [-0.2, 0) is 31.6 Å². The Hall–Kier alpha value is -1.88. The van der Waals surface area contributed by atoms with Gasteiger partial charge in [0.15, 0.2) is 6.29 Å². The normalized spacial score (nSPS) is 22.4. The van der Waals surface area contributed by atoms with Gasteiger partial charge in [-0.15, -0.1) is 0 Å². The number of halogens is 3. The van der Waals surface area contributed by atoms with Crippen LogP contribution >= 0.6 is 0 Å². The highest BCUT2D eigenvalue weighted by Gasteiger charge is 2.45. The summed E-state index contributed by atoms with van der Waals surface area (Å²) in [6, 6.07) is 2.91. The summed E-state index contributed by atoms with van der Waals surface area (Å²) in [5.74, 6) is -0.645. The fraction of sp³-hybridized carbons (Fsp3) is 0.821. The number of aliphatic hydroxyl groups excluding tert-OH is 5. The first-order valence-corrected chi connectivity index (χ1v) is 19.8. The predicted molar refractivity (Wildman–Crippen MR) is 196 cm³/mol. The van der Waals surface area contributed by atoms with Gasteiger partial charge >= 0.3 is 6.18 Å². The van der Waals surface area contributed by atoms with Gasteiger partial charge in [0.1, 0.15) is 30.5 Å². The number of amides is 1. The van der Waals surface area contributed by atoms with Gasteiger partial charge in [0.05, 0.1) is 37.3 Å². The zero-order valence-corrected chi connectivity index (χ0v) is 31.6. The molecule has 1 saturated heterocycles. The molecule has 0 aromatic heterocycles. The molecule has 5 unspecified atom stereocenters. The van der Waals surface area contributed by atoms with Crippen molar-refractivity contribution in [2.24, 2.45) is 5.73 Å². The highest BCUT2D eigenvalue weighted by Crippen LogP contribution is 2.29. The molecule has 1 amide bonds. The van der Waals surface area contributed by atoms with Crippen LogP contribution in [0.2, 0.25) is 0 Å². The van der Waals surface area contributed by atoms with Crippen LogP contribution in [0.15, 0.2) is 24.3 Å². The van der Waals surface area contributed by atoms with E-state index in [-0.39, 0.29) is 19.4 Å². The second-order valence-electron chi connectivity index (χ2n) is 14.4. The molecule has 0 aliphatic carbocycles. The molecular formula is C39H67F3N2O9. The van der Waals surface area contributed by atoms with Crippen LogP contribution in [0.4, 0.5) is 13.2 Å². The SMILES string of the molecule is CCCCCCCCCCCCCC[C@@H](O)[C@@H](O)[C@H](COC1OC(COCCCCCCN)C(O)C(O)C1O)NC(=O)Cc1ccc(C(F)(F)F)cc1. The first-order chi connectivity index (χ1) is 25.4. The summed E-state index contributed by atoms with van der Waals surface area (Å²) in [6.45, 7) is 2.66.